The normalized spacial score (nSPS) is 18.2. The number of rotatable bonds is 5. The zero-order valence-electron chi connectivity index (χ0n) is 18.1. The number of hydrogen-bond acceptors (Lipinski definition) is 0. The van der Waals surface area contributed by atoms with Crippen LogP contribution in [-0.4, -0.2) is 0 Å². The van der Waals surface area contributed by atoms with Crippen molar-refractivity contribution >= 4 is 10.8 Å². The Morgan fingerprint density at radius 2 is 1.47 bits per heavy atom. The monoisotopic (exact) mass is 432 g/mol. The lowest BCUT2D eigenvalue weighted by atomic mass is 9.78. The smallest absolute Gasteiger partial charge is 0.142 e. The van der Waals surface area contributed by atoms with Gasteiger partial charge in [-0.05, 0) is 96.7 Å². The molecule has 3 aromatic rings. The summed E-state index contributed by atoms with van der Waals surface area (Å²) in [5, 5.41) is 1.58. The molecule has 3 heteroatoms. The Balaban J connectivity index is 1.42. The largest absolute Gasteiger partial charge is 0.207 e. The number of aryl methyl sites for hydroxylation is 1. The first-order valence-corrected chi connectivity index (χ1v) is 11.3. The standard InChI is InChI=1S/C29H27F3/c1-2-3-20-4-6-21(7-5-20)8-9-23-17-28(31)27(29(32)18-23)15-11-22-10-12-25-19-26(30)14-13-24(25)16-22/h2,10,12-14,16-21H,1,3-9H2. The minimum absolute atomic E-state index is 0.210. The van der Waals surface area contributed by atoms with E-state index >= 15 is 0 Å². The molecular weight excluding hydrogens is 405 g/mol. The van der Waals surface area contributed by atoms with Crippen LogP contribution >= 0.6 is 0 Å². The van der Waals surface area contributed by atoms with Gasteiger partial charge in [0.1, 0.15) is 17.5 Å². The Morgan fingerprint density at radius 3 is 2.19 bits per heavy atom. The number of halogens is 3. The molecular formula is C29H27F3. The Kier molecular flexibility index (Phi) is 7.00. The van der Waals surface area contributed by atoms with E-state index < -0.39 is 11.6 Å². The predicted molar refractivity (Wildman–Crippen MR) is 125 cm³/mol. The van der Waals surface area contributed by atoms with Gasteiger partial charge in [-0.3, -0.25) is 0 Å². The summed E-state index contributed by atoms with van der Waals surface area (Å²) in [5.74, 6) is 5.31. The molecule has 32 heavy (non-hydrogen) atoms. The third kappa shape index (κ3) is 5.43. The average molecular weight is 433 g/mol. The Hall–Kier alpha value is -2.99. The van der Waals surface area contributed by atoms with Crippen molar-refractivity contribution in [3.05, 3.63) is 95.3 Å². The second kappa shape index (κ2) is 10.1. The molecule has 164 valence electrons. The van der Waals surface area contributed by atoms with E-state index in [1.54, 1.807) is 24.3 Å². The molecule has 0 nitrogen and oxygen atoms in total. The van der Waals surface area contributed by atoms with Gasteiger partial charge in [-0.25, -0.2) is 13.2 Å². The quantitative estimate of drug-likeness (QED) is 0.283. The number of allylic oxidation sites excluding steroid dienone is 1. The summed E-state index contributed by atoms with van der Waals surface area (Å²) in [5.41, 5.74) is 1.10. The average Bonchev–Trinajstić information content (AvgIpc) is 2.78. The van der Waals surface area contributed by atoms with Crippen LogP contribution in [0, 0.1) is 41.1 Å². The highest BCUT2D eigenvalue weighted by Crippen LogP contribution is 2.33. The molecule has 0 saturated heterocycles. The van der Waals surface area contributed by atoms with Crippen LogP contribution in [0.15, 0.2) is 61.2 Å². The van der Waals surface area contributed by atoms with Gasteiger partial charge in [0.15, 0.2) is 0 Å². The van der Waals surface area contributed by atoms with Gasteiger partial charge in [-0.15, -0.1) is 6.58 Å². The summed E-state index contributed by atoms with van der Waals surface area (Å²) in [6, 6.07) is 12.6. The highest BCUT2D eigenvalue weighted by Gasteiger charge is 2.20. The SMILES string of the molecule is C=CCC1CCC(CCc2cc(F)c(C#Cc3ccc4cc(F)ccc4c3)c(F)c2)CC1. The van der Waals surface area contributed by atoms with E-state index in [-0.39, 0.29) is 11.4 Å². The van der Waals surface area contributed by atoms with Crippen molar-refractivity contribution in [2.75, 3.05) is 0 Å². The lowest BCUT2D eigenvalue weighted by Crippen LogP contribution is -2.14. The lowest BCUT2D eigenvalue weighted by Gasteiger charge is -2.27. The van der Waals surface area contributed by atoms with Gasteiger partial charge in [-0.1, -0.05) is 42.9 Å². The second-order valence-electron chi connectivity index (χ2n) is 8.84. The molecule has 0 aromatic heterocycles. The summed E-state index contributed by atoms with van der Waals surface area (Å²) in [7, 11) is 0. The van der Waals surface area contributed by atoms with Crippen molar-refractivity contribution < 1.29 is 13.2 Å². The second-order valence-corrected chi connectivity index (χ2v) is 8.84. The van der Waals surface area contributed by atoms with Crippen LogP contribution in [0.2, 0.25) is 0 Å². The Bertz CT molecular complexity index is 1150. The highest BCUT2D eigenvalue weighted by molar-refractivity contribution is 5.84. The van der Waals surface area contributed by atoms with E-state index in [4.69, 9.17) is 0 Å². The van der Waals surface area contributed by atoms with E-state index in [1.807, 2.05) is 6.08 Å². The molecule has 0 bridgehead atoms. The van der Waals surface area contributed by atoms with Gasteiger partial charge in [-0.2, -0.15) is 0 Å². The van der Waals surface area contributed by atoms with Gasteiger partial charge in [0.2, 0.25) is 0 Å². The summed E-state index contributed by atoms with van der Waals surface area (Å²) in [6.45, 7) is 3.83. The topological polar surface area (TPSA) is 0 Å². The summed E-state index contributed by atoms with van der Waals surface area (Å²) < 4.78 is 42.6. The van der Waals surface area contributed by atoms with Crippen molar-refractivity contribution in [3.8, 4) is 11.8 Å². The maximum absolute atomic E-state index is 14.6. The molecule has 3 aromatic carbocycles. The molecule has 0 amide bonds. The molecule has 0 aliphatic heterocycles. The van der Waals surface area contributed by atoms with E-state index in [0.717, 1.165) is 29.5 Å². The maximum Gasteiger partial charge on any atom is 0.142 e. The van der Waals surface area contributed by atoms with Crippen molar-refractivity contribution in [2.24, 2.45) is 11.8 Å². The van der Waals surface area contributed by atoms with Crippen LogP contribution in [0.5, 0.6) is 0 Å². The zero-order valence-corrected chi connectivity index (χ0v) is 18.1. The summed E-state index contributed by atoms with van der Waals surface area (Å²) in [6.07, 6.45) is 9.54. The highest BCUT2D eigenvalue weighted by atomic mass is 19.1. The van der Waals surface area contributed by atoms with Gasteiger partial charge < -0.3 is 0 Å². The third-order valence-corrected chi connectivity index (χ3v) is 6.54. The van der Waals surface area contributed by atoms with Crippen LogP contribution in [0.1, 0.15) is 55.2 Å². The molecule has 1 aliphatic rings. The molecule has 1 saturated carbocycles. The van der Waals surface area contributed by atoms with Crippen LogP contribution in [0.4, 0.5) is 13.2 Å². The fourth-order valence-electron chi connectivity index (χ4n) is 4.68. The molecule has 0 heterocycles. The Morgan fingerprint density at radius 1 is 0.812 bits per heavy atom. The lowest BCUT2D eigenvalue weighted by molar-refractivity contribution is 0.265. The third-order valence-electron chi connectivity index (χ3n) is 6.54. The van der Waals surface area contributed by atoms with Crippen LogP contribution < -0.4 is 0 Å². The fraction of sp³-hybridized carbons (Fsp3) is 0.310. The maximum atomic E-state index is 14.6. The molecule has 0 atom stereocenters. The summed E-state index contributed by atoms with van der Waals surface area (Å²) in [4.78, 5) is 0. The number of fused-ring (bicyclic) bond motifs is 1. The number of hydrogen-bond donors (Lipinski definition) is 0. The minimum Gasteiger partial charge on any atom is -0.207 e. The van der Waals surface area contributed by atoms with E-state index in [1.165, 1.54) is 49.9 Å². The molecule has 4 rings (SSSR count). The van der Waals surface area contributed by atoms with Crippen molar-refractivity contribution in [2.45, 2.75) is 44.9 Å². The van der Waals surface area contributed by atoms with Crippen LogP contribution in [-0.2, 0) is 6.42 Å². The van der Waals surface area contributed by atoms with Gasteiger partial charge in [0.25, 0.3) is 0 Å². The van der Waals surface area contributed by atoms with Crippen LogP contribution in [0.3, 0.4) is 0 Å². The van der Waals surface area contributed by atoms with Crippen LogP contribution in [0.25, 0.3) is 10.8 Å². The predicted octanol–water partition coefficient (Wildman–Crippen LogP) is 7.97. The first kappa shape index (κ1) is 22.2. The molecule has 0 unspecified atom stereocenters. The fourth-order valence-corrected chi connectivity index (χ4v) is 4.68. The van der Waals surface area contributed by atoms with Crippen molar-refractivity contribution in [3.63, 3.8) is 0 Å². The molecule has 1 aliphatic carbocycles. The van der Waals surface area contributed by atoms with Gasteiger partial charge >= 0.3 is 0 Å². The minimum atomic E-state index is -0.620. The molecule has 0 radical (unpaired) electrons. The zero-order chi connectivity index (χ0) is 22.5. The first-order chi connectivity index (χ1) is 15.5. The van der Waals surface area contributed by atoms with E-state index in [0.29, 0.717) is 23.5 Å². The van der Waals surface area contributed by atoms with E-state index in [2.05, 4.69) is 18.4 Å². The van der Waals surface area contributed by atoms with Crippen molar-refractivity contribution in [1.29, 1.82) is 0 Å². The first-order valence-electron chi connectivity index (χ1n) is 11.3. The van der Waals surface area contributed by atoms with Gasteiger partial charge in [0.05, 0.1) is 5.56 Å². The number of benzene rings is 3. The van der Waals surface area contributed by atoms with Crippen molar-refractivity contribution in [1.82, 2.24) is 0 Å². The molecule has 0 N–H and O–H groups in total. The van der Waals surface area contributed by atoms with Gasteiger partial charge in [0, 0.05) is 5.56 Å². The molecule has 1 fully saturated rings. The van der Waals surface area contributed by atoms with E-state index in [9.17, 15) is 13.2 Å². The molecule has 0 spiro atoms. The summed E-state index contributed by atoms with van der Waals surface area (Å²) >= 11 is 0. The Labute approximate surface area is 188 Å².